The molecule has 2 nitrogen and oxygen atoms in total. The Morgan fingerprint density at radius 2 is 2.11 bits per heavy atom. The Morgan fingerprint density at radius 3 is 2.79 bits per heavy atom. The lowest BCUT2D eigenvalue weighted by atomic mass is 10.1. The fraction of sp³-hybridized carbons (Fsp3) is 0.625. The molecule has 0 saturated carbocycles. The molecule has 1 N–H and O–H groups in total. The summed E-state index contributed by atoms with van der Waals surface area (Å²) in [5.74, 6) is 3.39. The molecule has 1 atom stereocenters. The zero-order chi connectivity index (χ0) is 13.9. The molecule has 0 spiro atoms. The third-order valence-electron chi connectivity index (χ3n) is 2.97. The predicted molar refractivity (Wildman–Crippen MR) is 86.4 cm³/mol. The minimum Gasteiger partial charge on any atom is -0.497 e. The summed E-state index contributed by atoms with van der Waals surface area (Å²) < 4.78 is 5.29. The monoisotopic (exact) mass is 281 g/mol. The van der Waals surface area contributed by atoms with Crippen LogP contribution < -0.4 is 10.1 Å². The molecule has 0 amide bonds. The van der Waals surface area contributed by atoms with E-state index in [0.29, 0.717) is 6.04 Å². The molecule has 0 radical (unpaired) electrons. The van der Waals surface area contributed by atoms with Crippen LogP contribution in [0.2, 0.25) is 0 Å². The molecule has 0 fully saturated rings. The van der Waals surface area contributed by atoms with Gasteiger partial charge in [-0.3, -0.25) is 0 Å². The highest BCUT2D eigenvalue weighted by molar-refractivity contribution is 7.99. The Hall–Kier alpha value is -0.670. The Balaban J connectivity index is 2.53. The molecule has 0 aliphatic carbocycles. The largest absolute Gasteiger partial charge is 0.497 e. The van der Waals surface area contributed by atoms with Crippen LogP contribution >= 0.6 is 11.8 Å². The van der Waals surface area contributed by atoms with Crippen molar-refractivity contribution in [2.45, 2.75) is 39.2 Å². The highest BCUT2D eigenvalue weighted by Gasteiger charge is 2.09. The van der Waals surface area contributed by atoms with Gasteiger partial charge in [0.1, 0.15) is 5.75 Å². The van der Waals surface area contributed by atoms with Gasteiger partial charge in [-0.2, -0.15) is 11.8 Å². The van der Waals surface area contributed by atoms with Crippen molar-refractivity contribution in [2.75, 3.05) is 25.2 Å². The summed E-state index contributed by atoms with van der Waals surface area (Å²) in [6, 6.07) is 8.97. The third-order valence-corrected chi connectivity index (χ3v) is 4.30. The van der Waals surface area contributed by atoms with E-state index in [1.165, 1.54) is 29.9 Å². The Kier molecular flexibility index (Phi) is 8.76. The maximum absolute atomic E-state index is 5.29. The second kappa shape index (κ2) is 10.2. The van der Waals surface area contributed by atoms with Gasteiger partial charge in [-0.05, 0) is 49.3 Å². The second-order valence-electron chi connectivity index (χ2n) is 4.78. The smallest absolute Gasteiger partial charge is 0.119 e. The summed E-state index contributed by atoms with van der Waals surface area (Å²) in [6.45, 7) is 5.56. The first-order valence-corrected chi connectivity index (χ1v) is 8.39. The van der Waals surface area contributed by atoms with Crippen molar-refractivity contribution < 1.29 is 4.74 Å². The first-order chi connectivity index (χ1) is 9.30. The van der Waals surface area contributed by atoms with Crippen LogP contribution in [-0.2, 0) is 6.42 Å². The van der Waals surface area contributed by atoms with Crippen molar-refractivity contribution in [1.29, 1.82) is 0 Å². The average molecular weight is 281 g/mol. The molecule has 1 unspecified atom stereocenters. The molecule has 19 heavy (non-hydrogen) atoms. The lowest BCUT2D eigenvalue weighted by molar-refractivity contribution is 0.414. The highest BCUT2D eigenvalue weighted by atomic mass is 32.2. The third kappa shape index (κ3) is 6.88. The van der Waals surface area contributed by atoms with Gasteiger partial charge in [-0.15, -0.1) is 0 Å². The van der Waals surface area contributed by atoms with Crippen molar-refractivity contribution in [3.05, 3.63) is 29.8 Å². The van der Waals surface area contributed by atoms with Gasteiger partial charge < -0.3 is 10.1 Å². The number of benzene rings is 1. The quantitative estimate of drug-likeness (QED) is 0.660. The van der Waals surface area contributed by atoms with Crippen molar-refractivity contribution >= 4 is 11.8 Å². The highest BCUT2D eigenvalue weighted by Crippen LogP contribution is 2.16. The number of methoxy groups -OCH3 is 1. The Bertz CT molecular complexity index is 343. The van der Waals surface area contributed by atoms with E-state index in [2.05, 4.69) is 37.4 Å². The van der Waals surface area contributed by atoms with Gasteiger partial charge in [0, 0.05) is 11.8 Å². The van der Waals surface area contributed by atoms with Crippen LogP contribution in [0.15, 0.2) is 24.3 Å². The fourth-order valence-electron chi connectivity index (χ4n) is 1.99. The van der Waals surface area contributed by atoms with E-state index < -0.39 is 0 Å². The van der Waals surface area contributed by atoms with Gasteiger partial charge in [-0.25, -0.2) is 0 Å². The van der Waals surface area contributed by atoms with Gasteiger partial charge in [0.05, 0.1) is 7.11 Å². The van der Waals surface area contributed by atoms with Crippen LogP contribution in [0.25, 0.3) is 0 Å². The van der Waals surface area contributed by atoms with E-state index in [1.54, 1.807) is 7.11 Å². The molecule has 3 heteroatoms. The zero-order valence-corrected chi connectivity index (χ0v) is 13.3. The minimum atomic E-state index is 0.559. The standard InChI is InChI=1S/C16H27NOS/c1-4-9-17-15(13-19-10-5-2)11-14-7-6-8-16(12-14)18-3/h6-8,12,15,17H,4-5,9-11,13H2,1-3H3. The maximum atomic E-state index is 5.29. The van der Waals surface area contributed by atoms with Crippen LogP contribution in [0.4, 0.5) is 0 Å². The van der Waals surface area contributed by atoms with Crippen molar-refractivity contribution in [3.8, 4) is 5.75 Å². The molecule has 1 aromatic rings. The molecule has 0 heterocycles. The molecule has 0 aromatic heterocycles. The first-order valence-electron chi connectivity index (χ1n) is 7.24. The van der Waals surface area contributed by atoms with Crippen LogP contribution in [0.1, 0.15) is 32.3 Å². The fourth-order valence-corrected chi connectivity index (χ4v) is 2.97. The number of ether oxygens (including phenoxy) is 1. The topological polar surface area (TPSA) is 21.3 Å². The van der Waals surface area contributed by atoms with E-state index >= 15 is 0 Å². The van der Waals surface area contributed by atoms with E-state index in [-0.39, 0.29) is 0 Å². The van der Waals surface area contributed by atoms with Crippen LogP contribution in [0.3, 0.4) is 0 Å². The number of hydrogen-bond acceptors (Lipinski definition) is 3. The Morgan fingerprint density at radius 1 is 1.26 bits per heavy atom. The van der Waals surface area contributed by atoms with Gasteiger partial charge in [0.25, 0.3) is 0 Å². The van der Waals surface area contributed by atoms with Gasteiger partial charge in [0.15, 0.2) is 0 Å². The summed E-state index contributed by atoms with van der Waals surface area (Å²) in [7, 11) is 1.73. The number of rotatable bonds is 10. The molecular formula is C16H27NOS. The Labute approximate surface area is 122 Å². The summed E-state index contributed by atoms with van der Waals surface area (Å²) >= 11 is 2.05. The van der Waals surface area contributed by atoms with Gasteiger partial charge in [-0.1, -0.05) is 26.0 Å². The molecule has 0 bridgehead atoms. The number of nitrogens with one attached hydrogen (secondary N) is 1. The summed E-state index contributed by atoms with van der Waals surface area (Å²) in [5.41, 5.74) is 1.35. The van der Waals surface area contributed by atoms with E-state index in [9.17, 15) is 0 Å². The van der Waals surface area contributed by atoms with Crippen molar-refractivity contribution in [3.63, 3.8) is 0 Å². The predicted octanol–water partition coefficient (Wildman–Crippen LogP) is 3.75. The summed E-state index contributed by atoms with van der Waals surface area (Å²) in [4.78, 5) is 0. The SMILES string of the molecule is CCCNC(CSCCC)Cc1cccc(OC)c1. The minimum absolute atomic E-state index is 0.559. The molecule has 0 saturated heterocycles. The van der Waals surface area contributed by atoms with E-state index in [1.807, 2.05) is 17.8 Å². The number of hydrogen-bond donors (Lipinski definition) is 1. The van der Waals surface area contributed by atoms with Crippen LogP contribution in [0, 0.1) is 0 Å². The molecule has 1 rings (SSSR count). The zero-order valence-electron chi connectivity index (χ0n) is 12.4. The van der Waals surface area contributed by atoms with Gasteiger partial charge in [0.2, 0.25) is 0 Å². The maximum Gasteiger partial charge on any atom is 0.119 e. The lowest BCUT2D eigenvalue weighted by Crippen LogP contribution is -2.34. The normalized spacial score (nSPS) is 12.4. The molecule has 0 aliphatic rings. The van der Waals surface area contributed by atoms with Crippen LogP contribution in [-0.4, -0.2) is 31.2 Å². The molecule has 108 valence electrons. The molecular weight excluding hydrogens is 254 g/mol. The van der Waals surface area contributed by atoms with E-state index in [4.69, 9.17) is 4.74 Å². The van der Waals surface area contributed by atoms with Crippen molar-refractivity contribution in [1.82, 2.24) is 5.32 Å². The van der Waals surface area contributed by atoms with Gasteiger partial charge >= 0.3 is 0 Å². The second-order valence-corrected chi connectivity index (χ2v) is 5.93. The summed E-state index contributed by atoms with van der Waals surface area (Å²) in [5, 5.41) is 3.65. The van der Waals surface area contributed by atoms with E-state index in [0.717, 1.165) is 18.7 Å². The van der Waals surface area contributed by atoms with Crippen molar-refractivity contribution in [2.24, 2.45) is 0 Å². The summed E-state index contributed by atoms with van der Waals surface area (Å²) in [6.07, 6.45) is 3.52. The number of thioether (sulfide) groups is 1. The molecule has 0 aliphatic heterocycles. The lowest BCUT2D eigenvalue weighted by Gasteiger charge is -2.18. The first kappa shape index (κ1) is 16.4. The van der Waals surface area contributed by atoms with Crippen LogP contribution in [0.5, 0.6) is 5.75 Å². The average Bonchev–Trinajstić information content (AvgIpc) is 2.45. The molecule has 1 aromatic carbocycles.